The molecule has 1 heterocycles. The van der Waals surface area contributed by atoms with E-state index in [-0.39, 0.29) is 0 Å². The smallest absolute Gasteiger partial charge is 0.133 e. The highest BCUT2D eigenvalue weighted by Crippen LogP contribution is 2.38. The van der Waals surface area contributed by atoms with Crippen molar-refractivity contribution >= 4 is 5.82 Å². The normalized spacial score (nSPS) is 28.1. The molecule has 98 valence electrons. The fraction of sp³-hybridized carbons (Fsp3) is 0.714. The van der Waals surface area contributed by atoms with Crippen molar-refractivity contribution in [3.63, 3.8) is 0 Å². The molecule has 4 nitrogen and oxygen atoms in total. The Morgan fingerprint density at radius 3 is 2.94 bits per heavy atom. The molecule has 3 rings (SSSR count). The van der Waals surface area contributed by atoms with E-state index >= 15 is 0 Å². The Morgan fingerprint density at radius 2 is 2.17 bits per heavy atom. The first-order valence-electron chi connectivity index (χ1n) is 6.97. The lowest BCUT2D eigenvalue weighted by Gasteiger charge is -2.29. The van der Waals surface area contributed by atoms with Crippen molar-refractivity contribution in [2.45, 2.75) is 56.6 Å². The van der Waals surface area contributed by atoms with Crippen LogP contribution in [0, 0.1) is 0 Å². The lowest BCUT2D eigenvalue weighted by atomic mass is 9.93. The van der Waals surface area contributed by atoms with E-state index in [1.807, 2.05) is 19.4 Å². The van der Waals surface area contributed by atoms with Crippen LogP contribution in [0.25, 0.3) is 0 Å². The third-order valence-corrected chi connectivity index (χ3v) is 3.93. The van der Waals surface area contributed by atoms with Crippen molar-refractivity contribution in [2.24, 2.45) is 0 Å². The molecule has 0 radical (unpaired) electrons. The maximum Gasteiger partial charge on any atom is 0.133 e. The number of rotatable bonds is 4. The first kappa shape index (κ1) is 11.9. The number of ether oxygens (including phenoxy) is 1. The van der Waals surface area contributed by atoms with Gasteiger partial charge >= 0.3 is 0 Å². The van der Waals surface area contributed by atoms with E-state index in [1.54, 1.807) is 0 Å². The molecule has 2 fully saturated rings. The Hall–Kier alpha value is -1.16. The summed E-state index contributed by atoms with van der Waals surface area (Å²) in [5.41, 5.74) is 0. The van der Waals surface area contributed by atoms with Crippen LogP contribution in [0.1, 0.15) is 50.3 Å². The first-order chi connectivity index (χ1) is 8.85. The fourth-order valence-corrected chi connectivity index (χ4v) is 2.69. The second kappa shape index (κ2) is 5.22. The lowest BCUT2D eigenvalue weighted by molar-refractivity contribution is 0.0669. The summed E-state index contributed by atoms with van der Waals surface area (Å²) in [6.07, 6.45) is 9.49. The van der Waals surface area contributed by atoms with E-state index in [2.05, 4.69) is 15.3 Å². The number of hydrogen-bond acceptors (Lipinski definition) is 4. The molecule has 1 aromatic rings. The number of nitrogens with zero attached hydrogens (tertiary/aromatic N) is 2. The van der Waals surface area contributed by atoms with Crippen molar-refractivity contribution in [1.82, 2.24) is 9.97 Å². The Morgan fingerprint density at radius 1 is 1.28 bits per heavy atom. The van der Waals surface area contributed by atoms with E-state index in [0.717, 1.165) is 18.1 Å². The van der Waals surface area contributed by atoms with Gasteiger partial charge in [-0.25, -0.2) is 9.97 Å². The SMILES string of the molecule is COC1CCCC(Nc2ccnc(C3CC3)n2)C1. The average molecular weight is 247 g/mol. The van der Waals surface area contributed by atoms with Crippen LogP contribution in [0.3, 0.4) is 0 Å². The molecule has 0 amide bonds. The van der Waals surface area contributed by atoms with Crippen molar-refractivity contribution < 1.29 is 4.74 Å². The summed E-state index contributed by atoms with van der Waals surface area (Å²) in [6.45, 7) is 0. The zero-order valence-electron chi connectivity index (χ0n) is 10.9. The van der Waals surface area contributed by atoms with Crippen LogP contribution in [0.15, 0.2) is 12.3 Å². The third-order valence-electron chi connectivity index (χ3n) is 3.93. The molecular formula is C14H21N3O. The molecule has 4 heteroatoms. The van der Waals surface area contributed by atoms with Gasteiger partial charge in [0.1, 0.15) is 11.6 Å². The van der Waals surface area contributed by atoms with Gasteiger partial charge in [-0.05, 0) is 44.6 Å². The minimum atomic E-state index is 0.404. The summed E-state index contributed by atoms with van der Waals surface area (Å²) < 4.78 is 5.46. The van der Waals surface area contributed by atoms with Gasteiger partial charge in [0.2, 0.25) is 0 Å². The zero-order valence-corrected chi connectivity index (χ0v) is 10.9. The van der Waals surface area contributed by atoms with Gasteiger partial charge in [-0.2, -0.15) is 0 Å². The maximum atomic E-state index is 5.46. The largest absolute Gasteiger partial charge is 0.381 e. The van der Waals surface area contributed by atoms with Crippen molar-refractivity contribution in [1.29, 1.82) is 0 Å². The van der Waals surface area contributed by atoms with Gasteiger partial charge < -0.3 is 10.1 Å². The molecule has 2 aliphatic rings. The highest BCUT2D eigenvalue weighted by molar-refractivity contribution is 5.35. The highest BCUT2D eigenvalue weighted by atomic mass is 16.5. The minimum Gasteiger partial charge on any atom is -0.381 e. The molecule has 0 saturated heterocycles. The van der Waals surface area contributed by atoms with Crippen LogP contribution in [0.5, 0.6) is 0 Å². The predicted molar refractivity (Wildman–Crippen MR) is 70.7 cm³/mol. The van der Waals surface area contributed by atoms with Crippen molar-refractivity contribution in [2.75, 3.05) is 12.4 Å². The fourth-order valence-electron chi connectivity index (χ4n) is 2.69. The van der Waals surface area contributed by atoms with E-state index in [0.29, 0.717) is 18.1 Å². The van der Waals surface area contributed by atoms with E-state index in [4.69, 9.17) is 4.74 Å². The molecule has 0 spiro atoms. The molecule has 0 bridgehead atoms. The third kappa shape index (κ3) is 2.80. The molecule has 2 atom stereocenters. The molecule has 0 aliphatic heterocycles. The Balaban J connectivity index is 1.62. The molecule has 18 heavy (non-hydrogen) atoms. The standard InChI is InChI=1S/C14H21N3O/c1-18-12-4-2-3-11(9-12)16-13-7-8-15-14(17-13)10-5-6-10/h7-8,10-12H,2-6,9H2,1H3,(H,15,16,17). The van der Waals surface area contributed by atoms with Gasteiger partial charge in [-0.1, -0.05) is 0 Å². The molecule has 2 unspecified atom stereocenters. The highest BCUT2D eigenvalue weighted by Gasteiger charge is 2.27. The van der Waals surface area contributed by atoms with E-state index in [1.165, 1.54) is 32.1 Å². The van der Waals surface area contributed by atoms with Crippen LogP contribution in [0.2, 0.25) is 0 Å². The minimum absolute atomic E-state index is 0.404. The number of hydrogen-bond donors (Lipinski definition) is 1. The van der Waals surface area contributed by atoms with Gasteiger partial charge in [-0.3, -0.25) is 0 Å². The summed E-state index contributed by atoms with van der Waals surface area (Å²) in [4.78, 5) is 8.97. The number of methoxy groups -OCH3 is 1. The molecular weight excluding hydrogens is 226 g/mol. The molecule has 0 aromatic carbocycles. The molecule has 1 aromatic heterocycles. The summed E-state index contributed by atoms with van der Waals surface area (Å²) in [5, 5.41) is 3.54. The monoisotopic (exact) mass is 247 g/mol. The van der Waals surface area contributed by atoms with Gasteiger partial charge in [0.05, 0.1) is 6.10 Å². The topological polar surface area (TPSA) is 47.0 Å². The Labute approximate surface area is 108 Å². The Kier molecular flexibility index (Phi) is 3.46. The number of aromatic nitrogens is 2. The summed E-state index contributed by atoms with van der Waals surface area (Å²) in [6, 6.07) is 2.47. The van der Waals surface area contributed by atoms with Crippen LogP contribution in [0.4, 0.5) is 5.82 Å². The van der Waals surface area contributed by atoms with Gasteiger partial charge in [0.15, 0.2) is 0 Å². The summed E-state index contributed by atoms with van der Waals surface area (Å²) >= 11 is 0. The van der Waals surface area contributed by atoms with Gasteiger partial charge in [0.25, 0.3) is 0 Å². The van der Waals surface area contributed by atoms with Gasteiger partial charge in [-0.15, -0.1) is 0 Å². The average Bonchev–Trinajstić information content (AvgIpc) is 3.24. The number of anilines is 1. The summed E-state index contributed by atoms with van der Waals surface area (Å²) in [5.74, 6) is 2.61. The number of nitrogens with one attached hydrogen (secondary N) is 1. The molecule has 1 N–H and O–H groups in total. The maximum absolute atomic E-state index is 5.46. The van der Waals surface area contributed by atoms with Crippen molar-refractivity contribution in [3.05, 3.63) is 18.1 Å². The van der Waals surface area contributed by atoms with Crippen LogP contribution < -0.4 is 5.32 Å². The van der Waals surface area contributed by atoms with Crippen molar-refractivity contribution in [3.8, 4) is 0 Å². The first-order valence-corrected chi connectivity index (χ1v) is 6.97. The van der Waals surface area contributed by atoms with Crippen LogP contribution >= 0.6 is 0 Å². The predicted octanol–water partition coefficient (Wildman–Crippen LogP) is 2.72. The molecule has 2 saturated carbocycles. The summed E-state index contributed by atoms with van der Waals surface area (Å²) in [7, 11) is 1.81. The van der Waals surface area contributed by atoms with Crippen LogP contribution in [-0.2, 0) is 4.74 Å². The second-order valence-corrected chi connectivity index (χ2v) is 5.44. The quantitative estimate of drug-likeness (QED) is 0.888. The Bertz CT molecular complexity index is 406. The van der Waals surface area contributed by atoms with Gasteiger partial charge in [0, 0.05) is 25.3 Å². The van der Waals surface area contributed by atoms with Crippen LogP contribution in [-0.4, -0.2) is 29.2 Å². The lowest BCUT2D eigenvalue weighted by Crippen LogP contribution is -2.31. The second-order valence-electron chi connectivity index (χ2n) is 5.44. The zero-order chi connectivity index (χ0) is 12.4. The van der Waals surface area contributed by atoms with E-state index < -0.39 is 0 Å². The molecule has 2 aliphatic carbocycles. The van der Waals surface area contributed by atoms with E-state index in [9.17, 15) is 0 Å².